The van der Waals surface area contributed by atoms with Crippen molar-refractivity contribution >= 4 is 21.6 Å². The van der Waals surface area contributed by atoms with E-state index in [2.05, 4.69) is 46.8 Å². The van der Waals surface area contributed by atoms with E-state index in [9.17, 15) is 5.11 Å². The average molecular weight is 272 g/mol. The molecule has 0 fully saturated rings. The lowest BCUT2D eigenvalue weighted by Gasteiger charge is -2.22. The molecule has 84 valence electrons. The Balaban J connectivity index is 3.00. The monoisotopic (exact) mass is 271 g/mol. The Morgan fingerprint density at radius 2 is 1.93 bits per heavy atom. The van der Waals surface area contributed by atoms with Gasteiger partial charge in [-0.3, -0.25) is 0 Å². The predicted molar refractivity (Wildman–Crippen MR) is 68.3 cm³/mol. The number of rotatable bonds is 4. The number of hydrogen-bond acceptors (Lipinski definition) is 2. The highest BCUT2D eigenvalue weighted by Crippen LogP contribution is 2.28. The van der Waals surface area contributed by atoms with E-state index in [1.807, 2.05) is 6.07 Å². The first kappa shape index (κ1) is 12.5. The molecular weight excluding hydrogens is 254 g/mol. The summed E-state index contributed by atoms with van der Waals surface area (Å²) < 4.78 is 0.974. The molecule has 15 heavy (non-hydrogen) atoms. The Bertz CT molecular complexity index is 321. The van der Waals surface area contributed by atoms with Crippen molar-refractivity contribution in [1.29, 1.82) is 0 Å². The van der Waals surface area contributed by atoms with Crippen LogP contribution in [0.5, 0.6) is 0 Å². The van der Waals surface area contributed by atoms with E-state index in [0.717, 1.165) is 23.1 Å². The Hall–Kier alpha value is -0.540. The molecule has 0 unspecified atom stereocenters. The zero-order chi connectivity index (χ0) is 11.4. The first-order valence-electron chi connectivity index (χ1n) is 5.32. The normalized spacial score (nSPS) is 12.6. The standard InChI is InChI=1S/C12H18BrNO/c1-4-14(5-2)10-6-7-11(9(3)15)12(13)8-10/h6-9,15H,4-5H2,1-3H3/t9-/m0/s1. The molecule has 0 aliphatic carbocycles. The summed E-state index contributed by atoms with van der Waals surface area (Å²) in [6, 6.07) is 6.09. The molecular formula is C12H18BrNO. The number of benzene rings is 1. The molecule has 2 nitrogen and oxygen atoms in total. The van der Waals surface area contributed by atoms with Gasteiger partial charge in [-0.2, -0.15) is 0 Å². The van der Waals surface area contributed by atoms with Crippen LogP contribution in [0.3, 0.4) is 0 Å². The third kappa shape index (κ3) is 2.95. The molecule has 0 amide bonds. The Morgan fingerprint density at radius 1 is 1.33 bits per heavy atom. The number of aliphatic hydroxyl groups is 1. The highest BCUT2D eigenvalue weighted by molar-refractivity contribution is 9.10. The molecule has 0 saturated carbocycles. The van der Waals surface area contributed by atoms with Crippen molar-refractivity contribution < 1.29 is 5.11 Å². The van der Waals surface area contributed by atoms with Crippen LogP contribution in [0, 0.1) is 0 Å². The van der Waals surface area contributed by atoms with Gasteiger partial charge in [-0.1, -0.05) is 22.0 Å². The van der Waals surface area contributed by atoms with Gasteiger partial charge in [0.15, 0.2) is 0 Å². The Morgan fingerprint density at radius 3 is 2.33 bits per heavy atom. The zero-order valence-corrected chi connectivity index (χ0v) is 11.1. The van der Waals surface area contributed by atoms with Gasteiger partial charge in [0.1, 0.15) is 0 Å². The molecule has 1 aromatic rings. The Labute approximate surface area is 100 Å². The lowest BCUT2D eigenvalue weighted by Crippen LogP contribution is -2.21. The Kier molecular flexibility index (Phi) is 4.61. The molecule has 0 aliphatic rings. The summed E-state index contributed by atoms with van der Waals surface area (Å²) >= 11 is 3.49. The van der Waals surface area contributed by atoms with E-state index in [0.29, 0.717) is 0 Å². The average Bonchev–Trinajstić information content (AvgIpc) is 2.19. The van der Waals surface area contributed by atoms with Crippen molar-refractivity contribution in [3.8, 4) is 0 Å². The van der Waals surface area contributed by atoms with Crippen LogP contribution in [0.15, 0.2) is 22.7 Å². The molecule has 1 aromatic carbocycles. The summed E-state index contributed by atoms with van der Waals surface area (Å²) in [4.78, 5) is 2.27. The highest BCUT2D eigenvalue weighted by Gasteiger charge is 2.08. The zero-order valence-electron chi connectivity index (χ0n) is 9.50. The molecule has 1 atom stereocenters. The largest absolute Gasteiger partial charge is 0.389 e. The van der Waals surface area contributed by atoms with Crippen molar-refractivity contribution in [2.45, 2.75) is 26.9 Å². The molecule has 0 radical (unpaired) electrons. The van der Waals surface area contributed by atoms with Gasteiger partial charge in [0, 0.05) is 23.2 Å². The summed E-state index contributed by atoms with van der Waals surface area (Å²) in [6.07, 6.45) is -0.426. The van der Waals surface area contributed by atoms with Crippen molar-refractivity contribution in [3.05, 3.63) is 28.2 Å². The van der Waals surface area contributed by atoms with E-state index < -0.39 is 6.10 Å². The summed E-state index contributed by atoms with van der Waals surface area (Å²) in [5.74, 6) is 0. The number of hydrogen-bond donors (Lipinski definition) is 1. The van der Waals surface area contributed by atoms with E-state index in [1.54, 1.807) is 6.92 Å². The minimum absolute atomic E-state index is 0.426. The minimum atomic E-state index is -0.426. The van der Waals surface area contributed by atoms with Gasteiger partial charge < -0.3 is 10.0 Å². The van der Waals surface area contributed by atoms with E-state index in [1.165, 1.54) is 5.69 Å². The molecule has 0 aliphatic heterocycles. The second-order valence-electron chi connectivity index (χ2n) is 3.55. The van der Waals surface area contributed by atoms with Crippen LogP contribution in [-0.2, 0) is 0 Å². The molecule has 1 N–H and O–H groups in total. The lowest BCUT2D eigenvalue weighted by atomic mass is 10.1. The number of aliphatic hydroxyl groups excluding tert-OH is 1. The van der Waals surface area contributed by atoms with Crippen LogP contribution < -0.4 is 4.90 Å². The van der Waals surface area contributed by atoms with E-state index in [4.69, 9.17) is 0 Å². The fourth-order valence-electron chi connectivity index (χ4n) is 1.64. The van der Waals surface area contributed by atoms with Crippen LogP contribution in [0.4, 0.5) is 5.69 Å². The molecule has 3 heteroatoms. The molecule has 0 saturated heterocycles. The van der Waals surface area contributed by atoms with Crippen LogP contribution in [0.2, 0.25) is 0 Å². The summed E-state index contributed by atoms with van der Waals surface area (Å²) in [6.45, 7) is 8.05. The maximum atomic E-state index is 9.50. The number of nitrogens with zero attached hydrogens (tertiary/aromatic N) is 1. The fraction of sp³-hybridized carbons (Fsp3) is 0.500. The number of halogens is 1. The predicted octanol–water partition coefficient (Wildman–Crippen LogP) is 3.35. The van der Waals surface area contributed by atoms with Gasteiger partial charge in [-0.05, 0) is 38.5 Å². The van der Waals surface area contributed by atoms with E-state index in [-0.39, 0.29) is 0 Å². The van der Waals surface area contributed by atoms with Gasteiger partial charge in [0.05, 0.1) is 6.10 Å². The lowest BCUT2D eigenvalue weighted by molar-refractivity contribution is 0.198. The van der Waals surface area contributed by atoms with Gasteiger partial charge in [0.2, 0.25) is 0 Å². The first-order chi connectivity index (χ1) is 7.10. The third-order valence-corrected chi connectivity index (χ3v) is 3.25. The highest BCUT2D eigenvalue weighted by atomic mass is 79.9. The van der Waals surface area contributed by atoms with Crippen molar-refractivity contribution in [2.75, 3.05) is 18.0 Å². The molecule has 0 aromatic heterocycles. The van der Waals surface area contributed by atoms with Crippen LogP contribution in [-0.4, -0.2) is 18.2 Å². The second kappa shape index (κ2) is 5.52. The van der Waals surface area contributed by atoms with Crippen molar-refractivity contribution in [1.82, 2.24) is 0 Å². The molecule has 0 heterocycles. The molecule has 1 rings (SSSR count). The topological polar surface area (TPSA) is 23.5 Å². The fourth-order valence-corrected chi connectivity index (χ4v) is 2.34. The first-order valence-corrected chi connectivity index (χ1v) is 6.11. The SMILES string of the molecule is CCN(CC)c1ccc([C@H](C)O)c(Br)c1. The maximum absolute atomic E-state index is 9.50. The smallest absolute Gasteiger partial charge is 0.0772 e. The van der Waals surface area contributed by atoms with Gasteiger partial charge in [-0.15, -0.1) is 0 Å². The third-order valence-electron chi connectivity index (χ3n) is 2.56. The van der Waals surface area contributed by atoms with Crippen molar-refractivity contribution in [3.63, 3.8) is 0 Å². The summed E-state index contributed by atoms with van der Waals surface area (Å²) in [7, 11) is 0. The number of anilines is 1. The van der Waals surface area contributed by atoms with Crippen molar-refractivity contribution in [2.24, 2.45) is 0 Å². The maximum Gasteiger partial charge on any atom is 0.0772 e. The van der Waals surface area contributed by atoms with E-state index >= 15 is 0 Å². The van der Waals surface area contributed by atoms with Crippen LogP contribution in [0.1, 0.15) is 32.4 Å². The minimum Gasteiger partial charge on any atom is -0.389 e. The second-order valence-corrected chi connectivity index (χ2v) is 4.41. The van der Waals surface area contributed by atoms with Gasteiger partial charge >= 0.3 is 0 Å². The van der Waals surface area contributed by atoms with Gasteiger partial charge in [-0.25, -0.2) is 0 Å². The summed E-state index contributed by atoms with van der Waals surface area (Å²) in [5.41, 5.74) is 2.13. The van der Waals surface area contributed by atoms with Crippen LogP contribution in [0.25, 0.3) is 0 Å². The molecule has 0 spiro atoms. The van der Waals surface area contributed by atoms with Gasteiger partial charge in [0.25, 0.3) is 0 Å². The summed E-state index contributed by atoms with van der Waals surface area (Å²) in [5, 5.41) is 9.50. The van der Waals surface area contributed by atoms with Crippen LogP contribution >= 0.6 is 15.9 Å². The molecule has 0 bridgehead atoms. The quantitative estimate of drug-likeness (QED) is 0.908.